The van der Waals surface area contributed by atoms with E-state index in [1.165, 1.54) is 33.7 Å². The molecule has 2 fully saturated rings. The van der Waals surface area contributed by atoms with Gasteiger partial charge in [-0.25, -0.2) is 19.2 Å². The molecule has 26 nitrogen and oxygen atoms in total. The summed E-state index contributed by atoms with van der Waals surface area (Å²) < 4.78 is 70.3. The maximum absolute atomic E-state index is 12.9. The first-order valence-corrected chi connectivity index (χ1v) is 24.2. The first-order valence-electron chi connectivity index (χ1n) is 20.8. The summed E-state index contributed by atoms with van der Waals surface area (Å²) in [5.41, 5.74) is 22.4. The maximum Gasteiger partial charge on any atom is 0.356 e. The third kappa shape index (κ3) is 17.3. The number of esters is 2. The van der Waals surface area contributed by atoms with Gasteiger partial charge in [-0.05, 0) is 37.0 Å². The topological polar surface area (TPSA) is 374 Å². The lowest BCUT2D eigenvalue weighted by Crippen LogP contribution is -2.52. The molecule has 10 N–H and O–H groups in total. The van der Waals surface area contributed by atoms with Gasteiger partial charge in [0.25, 0.3) is 0 Å². The molecular weight excluding hydrogens is 926 g/mol. The summed E-state index contributed by atoms with van der Waals surface area (Å²) in [6.07, 6.45) is 1.21. The number of anilines is 2. The van der Waals surface area contributed by atoms with Crippen LogP contribution in [-0.2, 0) is 84.9 Å². The van der Waals surface area contributed by atoms with Gasteiger partial charge < -0.3 is 70.6 Å². The predicted molar refractivity (Wildman–Crippen MR) is 238 cm³/mol. The lowest BCUT2D eigenvalue weighted by Gasteiger charge is -2.30. The Morgan fingerprint density at radius 1 is 0.776 bits per heavy atom. The molecule has 0 spiro atoms. The fourth-order valence-electron chi connectivity index (χ4n) is 5.83. The van der Waals surface area contributed by atoms with Crippen molar-refractivity contribution in [2.24, 2.45) is 17.4 Å². The van der Waals surface area contributed by atoms with Crippen LogP contribution in [-0.4, -0.2) is 132 Å². The Morgan fingerprint density at radius 2 is 1.25 bits per heavy atom. The van der Waals surface area contributed by atoms with Crippen molar-refractivity contribution in [1.82, 2.24) is 29.7 Å². The van der Waals surface area contributed by atoms with Crippen molar-refractivity contribution < 1.29 is 65.4 Å². The Labute approximate surface area is 384 Å². The lowest BCUT2D eigenvalue weighted by molar-refractivity contribution is -0.148. The summed E-state index contributed by atoms with van der Waals surface area (Å²) in [4.78, 5) is 80.0. The number of rotatable bonds is 20. The van der Waals surface area contributed by atoms with Gasteiger partial charge in [0.2, 0.25) is 11.8 Å². The first kappa shape index (κ1) is 54.2. The van der Waals surface area contributed by atoms with E-state index in [4.69, 9.17) is 60.0 Å². The van der Waals surface area contributed by atoms with E-state index < -0.39 is 113 Å². The number of nitrogen functional groups attached to an aromatic ring is 2. The number of nitrogens with zero attached hydrogens (tertiary/aromatic N) is 4. The molecule has 2 amide bonds. The molecule has 28 heteroatoms. The SMILES string of the molecule is CCOC(=O)C(COP1(=O)CO[C@@H](Cn2ccc(N)nc2=O)CO1)NC(=O)C(N)C(C)C.COC(=O)C(COP1(=O)CO[C@@H](Cn2ccc(N)nc2=O)CO1)NC(=O)C(N)Cc1ccccc1. The quantitative estimate of drug-likeness (QED) is 0.0588. The highest BCUT2D eigenvalue weighted by molar-refractivity contribution is 7.54. The van der Waals surface area contributed by atoms with Gasteiger partial charge in [0.1, 0.15) is 36.5 Å². The van der Waals surface area contributed by atoms with Gasteiger partial charge in [-0.1, -0.05) is 44.2 Å². The fraction of sp³-hybridized carbons (Fsp3) is 0.538. The first-order chi connectivity index (χ1) is 31.7. The molecule has 2 aromatic heterocycles. The Kier molecular flexibility index (Phi) is 20.8. The van der Waals surface area contributed by atoms with E-state index in [-0.39, 0.29) is 56.9 Å². The minimum atomic E-state index is -3.74. The number of methoxy groups -OCH3 is 1. The van der Waals surface area contributed by atoms with Crippen molar-refractivity contribution in [3.8, 4) is 0 Å². The third-order valence-electron chi connectivity index (χ3n) is 9.66. The summed E-state index contributed by atoms with van der Waals surface area (Å²) in [6.45, 7) is 4.23. The highest BCUT2D eigenvalue weighted by Crippen LogP contribution is 2.52. The van der Waals surface area contributed by atoms with E-state index in [1.54, 1.807) is 20.8 Å². The van der Waals surface area contributed by atoms with Crippen LogP contribution in [0, 0.1) is 5.92 Å². The summed E-state index contributed by atoms with van der Waals surface area (Å²) in [5.74, 6) is -2.69. The smallest absolute Gasteiger partial charge is 0.356 e. The summed E-state index contributed by atoms with van der Waals surface area (Å²) in [5, 5.41) is 4.92. The highest BCUT2D eigenvalue weighted by atomic mass is 31.2. The number of benzene rings is 1. The van der Waals surface area contributed by atoms with Crippen LogP contribution in [0.5, 0.6) is 0 Å². The second-order valence-corrected chi connectivity index (χ2v) is 19.3. The number of ether oxygens (including phenoxy) is 4. The molecule has 0 aliphatic carbocycles. The minimum Gasteiger partial charge on any atom is -0.467 e. The molecule has 0 radical (unpaired) electrons. The van der Waals surface area contributed by atoms with E-state index in [0.29, 0.717) is 0 Å². The van der Waals surface area contributed by atoms with Crippen LogP contribution in [0.15, 0.2) is 64.4 Å². The monoisotopic (exact) mass is 984 g/mol. The van der Waals surface area contributed by atoms with Crippen molar-refractivity contribution in [3.05, 3.63) is 81.4 Å². The molecule has 3 aromatic rings. The normalized spacial score (nSPS) is 22.2. The molecule has 2 aliphatic rings. The van der Waals surface area contributed by atoms with Gasteiger partial charge in [-0.15, -0.1) is 0 Å². The minimum absolute atomic E-state index is 0.0831. The molecule has 2 aliphatic heterocycles. The van der Waals surface area contributed by atoms with Crippen LogP contribution in [0.2, 0.25) is 0 Å². The van der Waals surface area contributed by atoms with E-state index >= 15 is 0 Å². The van der Waals surface area contributed by atoms with Gasteiger partial charge in [0.15, 0.2) is 12.1 Å². The third-order valence-corrected chi connectivity index (χ3v) is 12.8. The number of hydrogen-bond acceptors (Lipinski definition) is 22. The molecule has 67 heavy (non-hydrogen) atoms. The van der Waals surface area contributed by atoms with Crippen LogP contribution in [0.3, 0.4) is 0 Å². The number of nitrogens with two attached hydrogens (primary N) is 4. The molecule has 4 heterocycles. The Hall–Kier alpha value is -5.40. The zero-order valence-electron chi connectivity index (χ0n) is 37.3. The van der Waals surface area contributed by atoms with Crippen molar-refractivity contribution >= 4 is 50.6 Å². The second kappa shape index (κ2) is 25.7. The summed E-state index contributed by atoms with van der Waals surface area (Å²) in [7, 11) is -6.30. The maximum atomic E-state index is 12.9. The van der Waals surface area contributed by atoms with Gasteiger partial charge in [0, 0.05) is 12.4 Å². The fourth-order valence-corrected chi connectivity index (χ4v) is 8.60. The van der Waals surface area contributed by atoms with E-state index in [2.05, 4.69) is 20.6 Å². The summed E-state index contributed by atoms with van der Waals surface area (Å²) in [6, 6.07) is 7.82. The van der Waals surface area contributed by atoms with E-state index in [9.17, 15) is 37.9 Å². The number of aromatic nitrogens is 4. The molecule has 0 bridgehead atoms. The van der Waals surface area contributed by atoms with Crippen LogP contribution in [0.4, 0.5) is 11.6 Å². The standard InChI is InChI=1S/C21H28N5O8P.C18H30N5O8P/c1-31-20(28)17(24-19(27)16(22)9-14-5-3-2-4-6-14)12-34-35(30)13-32-15(11-33-35)10-26-8-7-18(23)25-21(26)29;1-4-28-17(25)13(21-16(24)15(20)11(2)3)9-31-32(27)10-29-12(8-30-32)7-23-6-5-14(19)22-18(23)26/h2-8,15-17H,9-13,22H2,1H3,(H,24,27)(H2,23,25,29);5-6,11-13,15H,4,7-10,20H2,1-3H3,(H,21,24)(H2,19,22,26)/t15-,16?,17?,35?;12-,13?,15?,32?/m00/s1. The molecule has 8 atom stereocenters. The molecule has 1 aromatic carbocycles. The molecule has 2 saturated heterocycles. The molecule has 6 unspecified atom stereocenters. The van der Waals surface area contributed by atoms with E-state index in [0.717, 1.165) is 12.7 Å². The Morgan fingerprint density at radius 3 is 1.67 bits per heavy atom. The number of nitrogens with one attached hydrogen (secondary N) is 2. The van der Waals surface area contributed by atoms with Crippen LogP contribution in [0.1, 0.15) is 26.3 Å². The number of amides is 2. The van der Waals surface area contributed by atoms with Gasteiger partial charge in [0.05, 0.1) is 65.3 Å². The predicted octanol–water partition coefficient (Wildman–Crippen LogP) is -0.925. The molecule has 0 saturated carbocycles. The lowest BCUT2D eigenvalue weighted by atomic mass is 10.0. The molecular formula is C39H58N10O16P2. The average Bonchev–Trinajstić information content (AvgIpc) is 3.29. The van der Waals surface area contributed by atoms with Crippen molar-refractivity contribution in [1.29, 1.82) is 0 Å². The average molecular weight is 985 g/mol. The van der Waals surface area contributed by atoms with Crippen LogP contribution >= 0.6 is 15.2 Å². The number of hydrogen-bond donors (Lipinski definition) is 6. The Bertz CT molecular complexity index is 2330. The number of carbonyl (C=O) groups is 4. The zero-order valence-corrected chi connectivity index (χ0v) is 39.1. The van der Waals surface area contributed by atoms with Gasteiger partial charge in [-0.2, -0.15) is 9.97 Å². The van der Waals surface area contributed by atoms with Gasteiger partial charge >= 0.3 is 38.5 Å². The Balaban J connectivity index is 0.000000294. The molecule has 370 valence electrons. The summed E-state index contributed by atoms with van der Waals surface area (Å²) >= 11 is 0. The van der Waals surface area contributed by atoms with Crippen molar-refractivity contribution in [2.75, 3.05) is 64.3 Å². The molecule has 5 rings (SSSR count). The van der Waals surface area contributed by atoms with Crippen molar-refractivity contribution in [2.45, 2.75) is 76.7 Å². The van der Waals surface area contributed by atoms with Crippen LogP contribution < -0.4 is 44.9 Å². The van der Waals surface area contributed by atoms with Crippen molar-refractivity contribution in [3.63, 3.8) is 0 Å². The van der Waals surface area contributed by atoms with Gasteiger partial charge in [-0.3, -0.25) is 27.9 Å². The number of carbonyl (C=O) groups excluding carboxylic acids is 4. The highest BCUT2D eigenvalue weighted by Gasteiger charge is 2.38. The zero-order chi connectivity index (χ0) is 49.3. The second-order valence-electron chi connectivity index (χ2n) is 15.3. The largest absolute Gasteiger partial charge is 0.467 e. The van der Waals surface area contributed by atoms with E-state index in [1.807, 2.05) is 30.3 Å². The van der Waals surface area contributed by atoms with Crippen LogP contribution in [0.25, 0.3) is 0 Å².